The molecule has 3 rings (SSSR count). The standard InChI is InChI=1S/C28H29NO3.C7H17NO5/c1-2-3-4-8-19-29(25-17-18-27(30)26(20-25)28(31)32)21-24-15-13-23(14-16-24)12-11-22-9-6-5-7-10-22;1-8-2-4(10)6(12)7(13)5(11)3-9/h5-7,9-10,13-18,20,30H,2-4,8,19,21H2,1H3,(H,31,32);4-13H,2-3H2,1H3/t;4-,5+,6+,7+/m.0/s1. The number of carbonyl (C=O) groups is 1. The van der Waals surface area contributed by atoms with E-state index < -0.39 is 37.0 Å². The van der Waals surface area contributed by atoms with Gasteiger partial charge in [0.25, 0.3) is 0 Å². The van der Waals surface area contributed by atoms with Gasteiger partial charge in [-0.05, 0) is 61.5 Å². The number of carboxylic acids is 1. The predicted molar refractivity (Wildman–Crippen MR) is 174 cm³/mol. The maximum atomic E-state index is 11.5. The molecule has 10 heteroatoms. The number of aromatic hydroxyl groups is 1. The Morgan fingerprint density at radius 2 is 1.47 bits per heavy atom. The van der Waals surface area contributed by atoms with E-state index in [1.165, 1.54) is 12.5 Å². The van der Waals surface area contributed by atoms with E-state index in [1.807, 2.05) is 42.5 Å². The van der Waals surface area contributed by atoms with E-state index in [2.05, 4.69) is 41.1 Å². The number of hydrogen-bond acceptors (Lipinski definition) is 9. The number of aromatic carboxylic acids is 1. The number of phenols is 1. The van der Waals surface area contributed by atoms with Crippen LogP contribution in [0.1, 0.15) is 59.7 Å². The lowest BCUT2D eigenvalue weighted by atomic mass is 10.0. The third-order valence-corrected chi connectivity index (χ3v) is 7.05. The van der Waals surface area contributed by atoms with Crippen molar-refractivity contribution in [2.75, 3.05) is 31.6 Å². The van der Waals surface area contributed by atoms with Crippen LogP contribution < -0.4 is 10.2 Å². The first-order valence-corrected chi connectivity index (χ1v) is 15.1. The average Bonchev–Trinajstić information content (AvgIpc) is 3.05. The summed E-state index contributed by atoms with van der Waals surface area (Å²) in [5.74, 6) is 5.02. The molecule has 0 aromatic heterocycles. The normalized spacial score (nSPS) is 13.3. The fraction of sp³-hybridized carbons (Fsp3) is 0.400. The number of anilines is 1. The van der Waals surface area contributed by atoms with Crippen LogP contribution in [-0.2, 0) is 6.54 Å². The van der Waals surface area contributed by atoms with Gasteiger partial charge in [0.1, 0.15) is 29.6 Å². The van der Waals surface area contributed by atoms with Gasteiger partial charge in [-0.15, -0.1) is 0 Å². The van der Waals surface area contributed by atoms with Crippen molar-refractivity contribution >= 4 is 11.7 Å². The molecule has 0 unspecified atom stereocenters. The second-order valence-electron chi connectivity index (χ2n) is 10.7. The van der Waals surface area contributed by atoms with Crippen molar-refractivity contribution in [3.63, 3.8) is 0 Å². The lowest BCUT2D eigenvalue weighted by molar-refractivity contribution is -0.113. The highest BCUT2D eigenvalue weighted by Crippen LogP contribution is 2.26. The van der Waals surface area contributed by atoms with Crippen molar-refractivity contribution in [1.82, 2.24) is 5.32 Å². The van der Waals surface area contributed by atoms with Crippen molar-refractivity contribution < 1.29 is 40.5 Å². The second-order valence-corrected chi connectivity index (χ2v) is 10.7. The highest BCUT2D eigenvalue weighted by Gasteiger charge is 2.29. The van der Waals surface area contributed by atoms with E-state index in [-0.39, 0.29) is 17.9 Å². The van der Waals surface area contributed by atoms with Crippen LogP contribution in [0.2, 0.25) is 0 Å². The predicted octanol–water partition coefficient (Wildman–Crippen LogP) is 2.72. The van der Waals surface area contributed by atoms with Crippen LogP contribution >= 0.6 is 0 Å². The summed E-state index contributed by atoms with van der Waals surface area (Å²) in [6.45, 7) is 3.09. The Balaban J connectivity index is 0.000000459. The molecule has 0 saturated carbocycles. The van der Waals surface area contributed by atoms with Crippen LogP contribution in [0.15, 0.2) is 72.8 Å². The Labute approximate surface area is 265 Å². The molecule has 4 atom stereocenters. The number of nitrogens with one attached hydrogen (secondary N) is 1. The smallest absolute Gasteiger partial charge is 0.339 e. The van der Waals surface area contributed by atoms with Crippen LogP contribution in [0.5, 0.6) is 5.75 Å². The highest BCUT2D eigenvalue weighted by molar-refractivity contribution is 5.92. The minimum atomic E-state index is -1.55. The summed E-state index contributed by atoms with van der Waals surface area (Å²) in [4.78, 5) is 13.6. The molecular formula is C35H46N2O8. The number of likely N-dealkylation sites (N-methyl/N-ethyl adjacent to an activating group) is 1. The molecule has 0 saturated heterocycles. The zero-order chi connectivity index (χ0) is 33.2. The lowest BCUT2D eigenvalue weighted by Crippen LogP contribution is -2.48. The van der Waals surface area contributed by atoms with Gasteiger partial charge in [-0.25, -0.2) is 4.79 Å². The quantitative estimate of drug-likeness (QED) is 0.0930. The van der Waals surface area contributed by atoms with Crippen LogP contribution in [0.4, 0.5) is 5.69 Å². The van der Waals surface area contributed by atoms with Gasteiger partial charge >= 0.3 is 5.97 Å². The first-order valence-electron chi connectivity index (χ1n) is 15.1. The molecule has 0 bridgehead atoms. The Kier molecular flexibility index (Phi) is 16.7. The number of hydrogen-bond donors (Lipinski definition) is 8. The number of carboxylic acid groups (broad SMARTS) is 1. The van der Waals surface area contributed by atoms with Gasteiger partial charge in [0, 0.05) is 36.4 Å². The van der Waals surface area contributed by atoms with Gasteiger partial charge in [-0.1, -0.05) is 68.4 Å². The Morgan fingerprint density at radius 3 is 2.04 bits per heavy atom. The van der Waals surface area contributed by atoms with Crippen LogP contribution in [0.25, 0.3) is 0 Å². The maximum absolute atomic E-state index is 11.5. The van der Waals surface area contributed by atoms with E-state index >= 15 is 0 Å². The monoisotopic (exact) mass is 622 g/mol. The van der Waals surface area contributed by atoms with Crippen LogP contribution in [-0.4, -0.2) is 92.9 Å². The molecular weight excluding hydrogens is 576 g/mol. The average molecular weight is 623 g/mol. The summed E-state index contributed by atoms with van der Waals surface area (Å²) < 4.78 is 0. The molecule has 0 aliphatic rings. The third-order valence-electron chi connectivity index (χ3n) is 7.05. The summed E-state index contributed by atoms with van der Waals surface area (Å²) >= 11 is 0. The molecule has 0 heterocycles. The summed E-state index contributed by atoms with van der Waals surface area (Å²) in [6, 6.07) is 22.8. The van der Waals surface area contributed by atoms with E-state index in [0.717, 1.165) is 48.2 Å². The number of nitrogens with zero attached hydrogens (tertiary/aromatic N) is 1. The SMILES string of the molecule is CCCCCCN(Cc1ccc(C#Cc2ccccc2)cc1)c1ccc(O)c(C(=O)O)c1.CNC[C@H](O)[C@@H](O)[C@H](O)[C@H](O)CO. The number of rotatable bonds is 15. The van der Waals surface area contributed by atoms with Crippen LogP contribution in [0.3, 0.4) is 0 Å². The molecule has 244 valence electrons. The zero-order valence-electron chi connectivity index (χ0n) is 25.9. The first-order chi connectivity index (χ1) is 21.6. The van der Waals surface area contributed by atoms with Crippen molar-refractivity contribution in [2.45, 2.75) is 63.6 Å². The van der Waals surface area contributed by atoms with Crippen molar-refractivity contribution in [3.05, 3.63) is 95.1 Å². The molecule has 10 nitrogen and oxygen atoms in total. The van der Waals surface area contributed by atoms with Gasteiger partial charge in [-0.2, -0.15) is 0 Å². The Hall–Kier alpha value is -3.95. The van der Waals surface area contributed by atoms with Gasteiger partial charge in [0.05, 0.1) is 12.7 Å². The van der Waals surface area contributed by atoms with Crippen molar-refractivity contribution in [3.8, 4) is 17.6 Å². The zero-order valence-corrected chi connectivity index (χ0v) is 25.9. The molecule has 0 aliphatic heterocycles. The fourth-order valence-corrected chi connectivity index (χ4v) is 4.39. The maximum Gasteiger partial charge on any atom is 0.339 e. The van der Waals surface area contributed by atoms with Gasteiger partial charge in [0.2, 0.25) is 0 Å². The van der Waals surface area contributed by atoms with Crippen molar-refractivity contribution in [2.24, 2.45) is 0 Å². The molecule has 3 aromatic rings. The molecule has 0 amide bonds. The molecule has 0 radical (unpaired) electrons. The molecule has 45 heavy (non-hydrogen) atoms. The summed E-state index contributed by atoms with van der Waals surface area (Å²) in [5, 5.41) is 66.7. The summed E-state index contributed by atoms with van der Waals surface area (Å²) in [7, 11) is 1.57. The minimum absolute atomic E-state index is 0.0763. The molecule has 3 aromatic carbocycles. The summed E-state index contributed by atoms with van der Waals surface area (Å²) in [6.07, 6.45) is -1.15. The largest absolute Gasteiger partial charge is 0.507 e. The molecule has 8 N–H and O–H groups in total. The Bertz CT molecular complexity index is 1340. The lowest BCUT2D eigenvalue weighted by Gasteiger charge is -2.25. The van der Waals surface area contributed by atoms with E-state index in [4.69, 9.17) is 20.4 Å². The van der Waals surface area contributed by atoms with Crippen LogP contribution in [0, 0.1) is 11.8 Å². The first kappa shape index (κ1) is 37.2. The van der Waals surface area contributed by atoms with E-state index in [1.54, 1.807) is 19.2 Å². The number of aliphatic hydroxyl groups is 5. The van der Waals surface area contributed by atoms with E-state index in [0.29, 0.717) is 6.54 Å². The summed E-state index contributed by atoms with van der Waals surface area (Å²) in [5.41, 5.74) is 3.77. The van der Waals surface area contributed by atoms with Gasteiger partial charge < -0.3 is 46.0 Å². The number of aliphatic hydroxyl groups excluding tert-OH is 5. The fourth-order valence-electron chi connectivity index (χ4n) is 4.39. The highest BCUT2D eigenvalue weighted by atomic mass is 16.4. The molecule has 0 fully saturated rings. The molecule has 0 aliphatic carbocycles. The van der Waals surface area contributed by atoms with Gasteiger partial charge in [-0.3, -0.25) is 0 Å². The third kappa shape index (κ3) is 12.9. The number of unbranched alkanes of at least 4 members (excludes halogenated alkanes) is 3. The minimum Gasteiger partial charge on any atom is -0.507 e. The number of benzene rings is 3. The van der Waals surface area contributed by atoms with Crippen molar-refractivity contribution in [1.29, 1.82) is 0 Å². The second kappa shape index (κ2) is 20.2. The van der Waals surface area contributed by atoms with Gasteiger partial charge in [0.15, 0.2) is 0 Å². The topological polar surface area (TPSA) is 174 Å². The van der Waals surface area contributed by atoms with E-state index in [9.17, 15) is 20.1 Å². The molecule has 0 spiro atoms. The Morgan fingerprint density at radius 1 is 0.844 bits per heavy atom.